The molecule has 0 amide bonds. The lowest BCUT2D eigenvalue weighted by molar-refractivity contribution is 0.579. The van der Waals surface area contributed by atoms with Crippen molar-refractivity contribution in [2.75, 3.05) is 5.32 Å². The van der Waals surface area contributed by atoms with Crippen LogP contribution in [0, 0.1) is 0 Å². The summed E-state index contributed by atoms with van der Waals surface area (Å²) in [6.45, 7) is 0.739. The van der Waals surface area contributed by atoms with Crippen molar-refractivity contribution in [1.29, 1.82) is 0 Å². The maximum atomic E-state index is 5.37. The van der Waals surface area contributed by atoms with E-state index in [9.17, 15) is 0 Å². The lowest BCUT2D eigenvalue weighted by Crippen LogP contribution is -2.02. The van der Waals surface area contributed by atoms with Gasteiger partial charge in [0.1, 0.15) is 11.5 Å². The van der Waals surface area contributed by atoms with Gasteiger partial charge in [0, 0.05) is 18.8 Å². The van der Waals surface area contributed by atoms with E-state index >= 15 is 0 Å². The molecular weight excluding hydrogens is 276 g/mol. The zero-order valence-corrected chi connectivity index (χ0v) is 11.8. The van der Waals surface area contributed by atoms with Crippen molar-refractivity contribution < 1.29 is 4.42 Å². The molecule has 4 aromatic rings. The van der Waals surface area contributed by atoms with E-state index in [0.717, 1.165) is 29.5 Å². The quantitative estimate of drug-likeness (QED) is 0.624. The maximum absolute atomic E-state index is 5.37. The second-order valence-corrected chi connectivity index (χ2v) is 4.96. The first-order valence-electron chi connectivity index (χ1n) is 7.06. The van der Waals surface area contributed by atoms with Crippen molar-refractivity contribution in [3.63, 3.8) is 0 Å². The molecule has 0 aliphatic rings. The number of aromatic nitrogens is 3. The van der Waals surface area contributed by atoms with Gasteiger partial charge in [-0.1, -0.05) is 30.3 Å². The highest BCUT2D eigenvalue weighted by Crippen LogP contribution is 2.20. The fraction of sp³-hybridized carbons (Fsp3) is 0.0588. The minimum atomic E-state index is 0.739. The number of anilines is 1. The molecule has 0 bridgehead atoms. The molecule has 0 saturated heterocycles. The zero-order chi connectivity index (χ0) is 14.8. The fourth-order valence-corrected chi connectivity index (χ4v) is 2.31. The Hall–Kier alpha value is -3.08. The first kappa shape index (κ1) is 12.6. The van der Waals surface area contributed by atoms with Crippen LogP contribution in [0.1, 0.15) is 5.56 Å². The Bertz CT molecular complexity index is 882. The van der Waals surface area contributed by atoms with Crippen LogP contribution < -0.4 is 5.32 Å². The first-order chi connectivity index (χ1) is 10.9. The van der Waals surface area contributed by atoms with Crippen LogP contribution in [-0.2, 0) is 6.54 Å². The summed E-state index contributed by atoms with van der Waals surface area (Å²) in [5, 5.41) is 7.77. The van der Waals surface area contributed by atoms with Gasteiger partial charge in [0.05, 0.1) is 6.26 Å². The van der Waals surface area contributed by atoms with Gasteiger partial charge in [-0.3, -0.25) is 0 Å². The normalized spacial score (nSPS) is 10.9. The highest BCUT2D eigenvalue weighted by Gasteiger charge is 2.08. The number of nitrogens with one attached hydrogen (secondary N) is 1. The topological polar surface area (TPSA) is 55.4 Å². The van der Waals surface area contributed by atoms with Gasteiger partial charge in [-0.15, -0.1) is 0 Å². The predicted octanol–water partition coefficient (Wildman–Crippen LogP) is 3.60. The fourth-order valence-electron chi connectivity index (χ4n) is 2.31. The van der Waals surface area contributed by atoms with E-state index in [2.05, 4.69) is 27.5 Å². The Morgan fingerprint density at radius 3 is 2.77 bits per heavy atom. The van der Waals surface area contributed by atoms with Crippen molar-refractivity contribution in [1.82, 2.24) is 14.6 Å². The average Bonchev–Trinajstić information content (AvgIpc) is 3.22. The number of fused-ring (bicyclic) bond motifs is 1. The van der Waals surface area contributed by atoms with Crippen LogP contribution in [0.3, 0.4) is 0 Å². The molecule has 5 heteroatoms. The lowest BCUT2D eigenvalue weighted by Gasteiger charge is -2.05. The van der Waals surface area contributed by atoms with Gasteiger partial charge in [0.15, 0.2) is 11.4 Å². The summed E-state index contributed by atoms with van der Waals surface area (Å²) in [6, 6.07) is 17.8. The molecule has 0 aliphatic carbocycles. The van der Waals surface area contributed by atoms with E-state index in [0.29, 0.717) is 0 Å². The number of furan rings is 1. The SMILES string of the molecule is c1ccc(CNc2ccn3nc(-c4ccco4)cc3n2)cc1. The summed E-state index contributed by atoms with van der Waals surface area (Å²) >= 11 is 0. The third kappa shape index (κ3) is 2.44. The van der Waals surface area contributed by atoms with Crippen LogP contribution >= 0.6 is 0 Å². The van der Waals surface area contributed by atoms with E-state index in [4.69, 9.17) is 4.42 Å². The van der Waals surface area contributed by atoms with Gasteiger partial charge < -0.3 is 9.73 Å². The Morgan fingerprint density at radius 2 is 1.95 bits per heavy atom. The largest absolute Gasteiger partial charge is 0.463 e. The molecule has 22 heavy (non-hydrogen) atoms. The summed E-state index contributed by atoms with van der Waals surface area (Å²) in [5.41, 5.74) is 2.77. The number of rotatable bonds is 4. The summed E-state index contributed by atoms with van der Waals surface area (Å²) in [4.78, 5) is 4.57. The second kappa shape index (κ2) is 5.37. The number of nitrogens with zero attached hydrogens (tertiary/aromatic N) is 3. The molecule has 1 N–H and O–H groups in total. The molecule has 0 atom stereocenters. The Balaban J connectivity index is 1.58. The first-order valence-corrected chi connectivity index (χ1v) is 7.06. The molecule has 5 nitrogen and oxygen atoms in total. The molecule has 3 heterocycles. The number of benzene rings is 1. The average molecular weight is 290 g/mol. The van der Waals surface area contributed by atoms with Gasteiger partial charge in [0.2, 0.25) is 0 Å². The molecule has 0 radical (unpaired) electrons. The van der Waals surface area contributed by atoms with E-state index in [-0.39, 0.29) is 0 Å². The molecule has 0 fully saturated rings. The molecule has 0 saturated carbocycles. The second-order valence-electron chi connectivity index (χ2n) is 4.96. The Kier molecular flexibility index (Phi) is 3.08. The van der Waals surface area contributed by atoms with Crippen LogP contribution in [0.2, 0.25) is 0 Å². The summed E-state index contributed by atoms with van der Waals surface area (Å²) < 4.78 is 7.11. The van der Waals surface area contributed by atoms with Gasteiger partial charge >= 0.3 is 0 Å². The third-order valence-corrected chi connectivity index (χ3v) is 3.41. The molecule has 1 aromatic carbocycles. The lowest BCUT2D eigenvalue weighted by atomic mass is 10.2. The molecule has 108 valence electrons. The van der Waals surface area contributed by atoms with Crippen LogP contribution in [0.15, 0.2) is 71.5 Å². The maximum Gasteiger partial charge on any atom is 0.158 e. The molecule has 0 spiro atoms. The van der Waals surface area contributed by atoms with Gasteiger partial charge in [0.25, 0.3) is 0 Å². The molecular formula is C17H14N4O. The molecule has 3 aromatic heterocycles. The molecule has 0 unspecified atom stereocenters. The molecule has 0 aliphatic heterocycles. The van der Waals surface area contributed by atoms with Crippen LogP contribution in [0.25, 0.3) is 17.1 Å². The van der Waals surface area contributed by atoms with E-state index in [1.54, 1.807) is 10.8 Å². The van der Waals surface area contributed by atoms with Crippen molar-refractivity contribution in [2.45, 2.75) is 6.54 Å². The van der Waals surface area contributed by atoms with Crippen molar-refractivity contribution in [3.05, 3.63) is 72.6 Å². The van der Waals surface area contributed by atoms with Crippen LogP contribution in [-0.4, -0.2) is 14.6 Å². The summed E-state index contributed by atoms with van der Waals surface area (Å²) in [7, 11) is 0. The van der Waals surface area contributed by atoms with Gasteiger partial charge in [-0.2, -0.15) is 5.10 Å². The molecule has 4 rings (SSSR count). The minimum absolute atomic E-state index is 0.739. The zero-order valence-electron chi connectivity index (χ0n) is 11.8. The summed E-state index contributed by atoms with van der Waals surface area (Å²) in [5.74, 6) is 1.56. The monoisotopic (exact) mass is 290 g/mol. The highest BCUT2D eigenvalue weighted by molar-refractivity contribution is 5.60. The van der Waals surface area contributed by atoms with Gasteiger partial charge in [-0.25, -0.2) is 9.50 Å². The van der Waals surface area contributed by atoms with E-state index in [1.165, 1.54) is 5.56 Å². The highest BCUT2D eigenvalue weighted by atomic mass is 16.3. The standard InChI is InChI=1S/C17H14N4O/c1-2-5-13(6-3-1)12-18-16-8-9-21-17(19-16)11-14(20-21)15-7-4-10-22-15/h1-11H,12H2,(H,18,19). The van der Waals surface area contributed by atoms with Crippen LogP contribution in [0.5, 0.6) is 0 Å². The Labute approximate surface area is 127 Å². The third-order valence-electron chi connectivity index (χ3n) is 3.41. The number of hydrogen-bond acceptors (Lipinski definition) is 4. The Morgan fingerprint density at radius 1 is 1.05 bits per heavy atom. The summed E-state index contributed by atoms with van der Waals surface area (Å²) in [6.07, 6.45) is 3.53. The van der Waals surface area contributed by atoms with E-state index < -0.39 is 0 Å². The van der Waals surface area contributed by atoms with Crippen LogP contribution in [0.4, 0.5) is 5.82 Å². The minimum Gasteiger partial charge on any atom is -0.463 e. The van der Waals surface area contributed by atoms with Crippen molar-refractivity contribution >= 4 is 11.5 Å². The predicted molar refractivity (Wildman–Crippen MR) is 84.5 cm³/mol. The van der Waals surface area contributed by atoms with Crippen molar-refractivity contribution in [2.24, 2.45) is 0 Å². The van der Waals surface area contributed by atoms with Crippen molar-refractivity contribution in [3.8, 4) is 11.5 Å². The van der Waals surface area contributed by atoms with Gasteiger partial charge in [-0.05, 0) is 23.8 Å². The smallest absolute Gasteiger partial charge is 0.158 e. The van der Waals surface area contributed by atoms with E-state index in [1.807, 2.05) is 48.7 Å². The number of hydrogen-bond donors (Lipinski definition) is 1.